The van der Waals surface area contributed by atoms with E-state index in [1.807, 2.05) is 6.92 Å². The highest BCUT2D eigenvalue weighted by molar-refractivity contribution is 7.89. The number of aromatic carboxylic acids is 1. The lowest BCUT2D eigenvalue weighted by molar-refractivity contribution is -0.117. The molecule has 2 N–H and O–H groups in total. The number of nitrogens with zero attached hydrogens (tertiary/aromatic N) is 1. The van der Waals surface area contributed by atoms with Gasteiger partial charge in [0.25, 0.3) is 0 Å². The molecule has 1 aliphatic rings. The molecule has 0 bridgehead atoms. The summed E-state index contributed by atoms with van der Waals surface area (Å²) in [5.74, 6) is -0.790. The fourth-order valence-electron chi connectivity index (χ4n) is 2.91. The molecule has 1 heterocycles. The molecule has 2 aromatic rings. The maximum Gasteiger partial charge on any atom is 0.335 e. The quantitative estimate of drug-likeness (QED) is 0.788. The number of sulfonamides is 1. The average Bonchev–Trinajstić information content (AvgIpc) is 2.65. The van der Waals surface area contributed by atoms with Crippen LogP contribution in [-0.4, -0.2) is 38.0 Å². The first kappa shape index (κ1) is 19.8. The van der Waals surface area contributed by atoms with Crippen molar-refractivity contribution in [1.82, 2.24) is 4.72 Å². The number of hydrogen-bond donors (Lipinski definition) is 2. The van der Waals surface area contributed by atoms with E-state index in [2.05, 4.69) is 4.72 Å². The third kappa shape index (κ3) is 4.15. The van der Waals surface area contributed by atoms with E-state index in [1.54, 1.807) is 12.1 Å². The minimum Gasteiger partial charge on any atom is -0.487 e. The summed E-state index contributed by atoms with van der Waals surface area (Å²) in [6.07, 6.45) is -0.189. The summed E-state index contributed by atoms with van der Waals surface area (Å²) in [4.78, 5) is 24.3. The van der Waals surface area contributed by atoms with Crippen molar-refractivity contribution in [2.45, 2.75) is 31.4 Å². The van der Waals surface area contributed by atoms with E-state index >= 15 is 0 Å². The van der Waals surface area contributed by atoms with Crippen LogP contribution in [0.15, 0.2) is 47.4 Å². The van der Waals surface area contributed by atoms with Crippen LogP contribution in [0.25, 0.3) is 0 Å². The lowest BCUT2D eigenvalue weighted by Gasteiger charge is -2.33. The van der Waals surface area contributed by atoms with E-state index in [9.17, 15) is 18.0 Å². The maximum atomic E-state index is 12.7. The Kier molecular flexibility index (Phi) is 5.39. The second-order valence-corrected chi connectivity index (χ2v) is 8.28. The zero-order chi connectivity index (χ0) is 20.5. The lowest BCUT2D eigenvalue weighted by Crippen LogP contribution is -2.41. The van der Waals surface area contributed by atoms with Crippen LogP contribution in [0.5, 0.6) is 5.75 Å². The number of carbonyl (C=O) groups is 2. The molecule has 1 unspecified atom stereocenters. The maximum absolute atomic E-state index is 12.7. The number of benzene rings is 2. The third-order valence-electron chi connectivity index (χ3n) is 4.35. The predicted molar refractivity (Wildman–Crippen MR) is 102 cm³/mol. The molecular weight excluding hydrogens is 384 g/mol. The highest BCUT2D eigenvalue weighted by Gasteiger charge is 2.27. The van der Waals surface area contributed by atoms with Crippen molar-refractivity contribution in [3.8, 4) is 5.75 Å². The van der Waals surface area contributed by atoms with Gasteiger partial charge in [-0.3, -0.25) is 4.79 Å². The van der Waals surface area contributed by atoms with E-state index in [0.717, 1.165) is 0 Å². The number of amides is 1. The monoisotopic (exact) mass is 404 g/mol. The Labute approximate surface area is 162 Å². The summed E-state index contributed by atoms with van der Waals surface area (Å²) in [6, 6.07) is 10.3. The number of rotatable bonds is 5. The molecule has 0 saturated carbocycles. The summed E-state index contributed by atoms with van der Waals surface area (Å²) in [7, 11) is -3.84. The molecule has 0 spiro atoms. The minimum atomic E-state index is -3.84. The number of carboxylic acid groups (broad SMARTS) is 1. The van der Waals surface area contributed by atoms with Gasteiger partial charge in [0.05, 0.1) is 22.7 Å². The Hall–Kier alpha value is -2.91. The Bertz CT molecular complexity index is 1020. The first-order valence-electron chi connectivity index (χ1n) is 8.58. The molecule has 1 amide bonds. The summed E-state index contributed by atoms with van der Waals surface area (Å²) in [5, 5.41) is 8.91. The van der Waals surface area contributed by atoms with Crippen molar-refractivity contribution in [2.75, 3.05) is 11.4 Å². The summed E-state index contributed by atoms with van der Waals surface area (Å²) < 4.78 is 33.5. The number of carbonyl (C=O) groups excluding carboxylic acids is 1. The second-order valence-electron chi connectivity index (χ2n) is 6.51. The van der Waals surface area contributed by atoms with E-state index in [4.69, 9.17) is 9.84 Å². The molecule has 0 aromatic heterocycles. The van der Waals surface area contributed by atoms with Gasteiger partial charge in [0.1, 0.15) is 11.9 Å². The number of carboxylic acids is 1. The largest absolute Gasteiger partial charge is 0.487 e. The zero-order valence-corrected chi connectivity index (χ0v) is 16.2. The SMILES string of the molecule is CC(=O)N1CC(C)Oc2ccc(S(=O)(=O)NCc3ccc(C(=O)O)cc3)cc21. The Balaban J connectivity index is 1.81. The predicted octanol–water partition coefficient (Wildman–Crippen LogP) is 2.00. The summed E-state index contributed by atoms with van der Waals surface area (Å²) in [5.41, 5.74) is 1.16. The molecule has 0 aliphatic carbocycles. The minimum absolute atomic E-state index is 0.00325. The normalized spacial score (nSPS) is 16.2. The van der Waals surface area contributed by atoms with Gasteiger partial charge < -0.3 is 14.7 Å². The molecule has 8 nitrogen and oxygen atoms in total. The van der Waals surface area contributed by atoms with Crippen LogP contribution in [-0.2, 0) is 21.4 Å². The van der Waals surface area contributed by atoms with Crippen molar-refractivity contribution < 1.29 is 27.9 Å². The lowest BCUT2D eigenvalue weighted by atomic mass is 10.1. The van der Waals surface area contributed by atoms with Gasteiger partial charge in [0.15, 0.2) is 0 Å². The molecule has 3 rings (SSSR count). The molecule has 1 atom stereocenters. The topological polar surface area (TPSA) is 113 Å². The number of ether oxygens (including phenoxy) is 1. The molecule has 28 heavy (non-hydrogen) atoms. The van der Waals surface area contributed by atoms with Crippen molar-refractivity contribution in [3.05, 3.63) is 53.6 Å². The second kappa shape index (κ2) is 7.61. The highest BCUT2D eigenvalue weighted by Crippen LogP contribution is 2.35. The average molecular weight is 404 g/mol. The smallest absolute Gasteiger partial charge is 0.335 e. The Morgan fingerprint density at radius 3 is 2.50 bits per heavy atom. The molecule has 0 saturated heterocycles. The third-order valence-corrected chi connectivity index (χ3v) is 5.75. The van der Waals surface area contributed by atoms with Gasteiger partial charge in [0.2, 0.25) is 15.9 Å². The van der Waals surface area contributed by atoms with Gasteiger partial charge in [-0.2, -0.15) is 0 Å². The van der Waals surface area contributed by atoms with Gasteiger partial charge in [-0.1, -0.05) is 12.1 Å². The van der Waals surface area contributed by atoms with Crippen LogP contribution in [0.1, 0.15) is 29.8 Å². The van der Waals surface area contributed by atoms with Gasteiger partial charge in [0, 0.05) is 13.5 Å². The summed E-state index contributed by atoms with van der Waals surface area (Å²) >= 11 is 0. The fourth-order valence-corrected chi connectivity index (χ4v) is 3.95. The summed E-state index contributed by atoms with van der Waals surface area (Å²) in [6.45, 7) is 3.60. The van der Waals surface area contributed by atoms with Crippen LogP contribution >= 0.6 is 0 Å². The molecule has 148 valence electrons. The highest BCUT2D eigenvalue weighted by atomic mass is 32.2. The standard InChI is InChI=1S/C19H20N2O6S/c1-12-11-21(13(2)22)17-9-16(7-8-18(17)27-12)28(25,26)20-10-14-3-5-15(6-4-14)19(23)24/h3-9,12,20H,10-11H2,1-2H3,(H,23,24). The van der Waals surface area contributed by atoms with Crippen molar-refractivity contribution in [2.24, 2.45) is 0 Å². The number of fused-ring (bicyclic) bond motifs is 1. The van der Waals surface area contributed by atoms with Gasteiger partial charge in [-0.25, -0.2) is 17.9 Å². The first-order valence-corrected chi connectivity index (χ1v) is 10.1. The van der Waals surface area contributed by atoms with E-state index < -0.39 is 16.0 Å². The van der Waals surface area contributed by atoms with Crippen molar-refractivity contribution >= 4 is 27.6 Å². The van der Waals surface area contributed by atoms with Crippen LogP contribution in [0.4, 0.5) is 5.69 Å². The zero-order valence-electron chi connectivity index (χ0n) is 15.4. The Morgan fingerprint density at radius 1 is 1.21 bits per heavy atom. The molecule has 2 aromatic carbocycles. The number of nitrogens with one attached hydrogen (secondary N) is 1. The van der Waals surface area contributed by atoms with Crippen LogP contribution in [0, 0.1) is 0 Å². The number of anilines is 1. The van der Waals surface area contributed by atoms with Gasteiger partial charge in [-0.15, -0.1) is 0 Å². The molecular formula is C19H20N2O6S. The van der Waals surface area contributed by atoms with Crippen LogP contribution < -0.4 is 14.4 Å². The van der Waals surface area contributed by atoms with Gasteiger partial charge in [-0.05, 0) is 42.8 Å². The van der Waals surface area contributed by atoms with E-state index in [0.29, 0.717) is 23.5 Å². The molecule has 1 aliphatic heterocycles. The van der Waals surface area contributed by atoms with Crippen molar-refractivity contribution in [3.63, 3.8) is 0 Å². The van der Waals surface area contributed by atoms with E-state index in [1.165, 1.54) is 42.2 Å². The van der Waals surface area contributed by atoms with E-state index in [-0.39, 0.29) is 29.0 Å². The van der Waals surface area contributed by atoms with Gasteiger partial charge >= 0.3 is 5.97 Å². The number of hydrogen-bond acceptors (Lipinski definition) is 5. The Morgan fingerprint density at radius 2 is 1.89 bits per heavy atom. The molecule has 0 fully saturated rings. The van der Waals surface area contributed by atoms with Crippen molar-refractivity contribution in [1.29, 1.82) is 0 Å². The first-order chi connectivity index (χ1) is 13.2. The fraction of sp³-hybridized carbons (Fsp3) is 0.263. The van der Waals surface area contributed by atoms with Crippen LogP contribution in [0.3, 0.4) is 0 Å². The van der Waals surface area contributed by atoms with Crippen LogP contribution in [0.2, 0.25) is 0 Å². The molecule has 0 radical (unpaired) electrons. The molecule has 9 heteroatoms.